The summed E-state index contributed by atoms with van der Waals surface area (Å²) in [7, 11) is 0. The van der Waals surface area contributed by atoms with Crippen LogP contribution in [0.5, 0.6) is 0 Å². The van der Waals surface area contributed by atoms with Crippen molar-refractivity contribution in [2.75, 3.05) is 6.61 Å². The largest absolute Gasteiger partial charge is 0.374 e. The van der Waals surface area contributed by atoms with Gasteiger partial charge in [0.15, 0.2) is 0 Å². The van der Waals surface area contributed by atoms with Crippen molar-refractivity contribution in [1.82, 2.24) is 10.4 Å². The van der Waals surface area contributed by atoms with E-state index in [4.69, 9.17) is 10.6 Å². The number of hydrazine groups is 1. The summed E-state index contributed by atoms with van der Waals surface area (Å²) >= 11 is 1.69. The number of thiazole rings is 1. The highest BCUT2D eigenvalue weighted by atomic mass is 32.1. The Hall–Kier alpha value is -0.490. The number of aromatic nitrogens is 1. The van der Waals surface area contributed by atoms with Gasteiger partial charge in [0.05, 0.1) is 16.7 Å². The maximum Gasteiger partial charge on any atom is 0.0942 e. The lowest BCUT2D eigenvalue weighted by atomic mass is 9.84. The normalized spacial score (nSPS) is 20.9. The fraction of sp³-hybridized carbons (Fsp3) is 0.786. The number of nitrogens with one attached hydrogen (secondary N) is 1. The Labute approximate surface area is 119 Å². The van der Waals surface area contributed by atoms with Crippen LogP contribution in [0.3, 0.4) is 0 Å². The molecule has 1 aromatic heterocycles. The fourth-order valence-corrected chi connectivity index (χ4v) is 3.80. The molecule has 0 radical (unpaired) electrons. The molecule has 4 nitrogen and oxygen atoms in total. The molecular formula is C14H25N3OS. The summed E-state index contributed by atoms with van der Waals surface area (Å²) in [4.78, 5) is 4.38. The minimum atomic E-state index is -0.119. The van der Waals surface area contributed by atoms with Crippen LogP contribution in [0.1, 0.15) is 50.5 Å². The minimum Gasteiger partial charge on any atom is -0.374 e. The summed E-state index contributed by atoms with van der Waals surface area (Å²) in [5, 5.41) is 3.15. The Morgan fingerprint density at radius 2 is 2.16 bits per heavy atom. The molecule has 3 N–H and O–H groups in total. The van der Waals surface area contributed by atoms with Crippen molar-refractivity contribution in [3.63, 3.8) is 0 Å². The lowest BCUT2D eigenvalue weighted by Crippen LogP contribution is -2.56. The van der Waals surface area contributed by atoms with E-state index in [0.29, 0.717) is 0 Å². The van der Waals surface area contributed by atoms with Gasteiger partial charge >= 0.3 is 0 Å². The van der Waals surface area contributed by atoms with Crippen LogP contribution >= 0.6 is 11.3 Å². The molecule has 0 aromatic carbocycles. The average molecular weight is 283 g/mol. The zero-order valence-corrected chi connectivity index (χ0v) is 12.5. The Bertz CT molecular complexity index is 348. The average Bonchev–Trinajstić information content (AvgIpc) is 2.82. The van der Waals surface area contributed by atoms with Crippen LogP contribution in [0.15, 0.2) is 11.6 Å². The third-order valence-corrected chi connectivity index (χ3v) is 4.88. The third kappa shape index (κ3) is 3.75. The van der Waals surface area contributed by atoms with Crippen molar-refractivity contribution < 1.29 is 4.74 Å². The molecular weight excluding hydrogens is 258 g/mol. The van der Waals surface area contributed by atoms with Gasteiger partial charge in [-0.1, -0.05) is 25.7 Å². The molecule has 0 saturated heterocycles. The predicted octanol–water partition coefficient (Wildman–Crippen LogP) is 2.65. The summed E-state index contributed by atoms with van der Waals surface area (Å²) in [5.41, 5.74) is 2.89. The van der Waals surface area contributed by atoms with Crippen LogP contribution in [-0.2, 0) is 11.2 Å². The molecule has 0 amide bonds. The summed E-state index contributed by atoms with van der Waals surface area (Å²) in [6.45, 7) is 2.82. The molecule has 0 spiro atoms. The molecule has 1 fully saturated rings. The predicted molar refractivity (Wildman–Crippen MR) is 79.0 cm³/mol. The summed E-state index contributed by atoms with van der Waals surface area (Å²) in [6, 6.07) is 0.150. The second kappa shape index (κ2) is 7.33. The van der Waals surface area contributed by atoms with Gasteiger partial charge in [-0.05, 0) is 19.8 Å². The maximum absolute atomic E-state index is 6.19. The Balaban J connectivity index is 2.13. The van der Waals surface area contributed by atoms with Gasteiger partial charge in [0.25, 0.3) is 0 Å². The first kappa shape index (κ1) is 14.9. The highest BCUT2D eigenvalue weighted by Crippen LogP contribution is 2.34. The van der Waals surface area contributed by atoms with Gasteiger partial charge in [0, 0.05) is 24.6 Å². The number of nitrogens with two attached hydrogens (primary N) is 1. The van der Waals surface area contributed by atoms with E-state index in [0.717, 1.165) is 30.9 Å². The number of rotatable bonds is 6. The first-order valence-electron chi connectivity index (χ1n) is 7.29. The zero-order valence-electron chi connectivity index (χ0n) is 11.7. The van der Waals surface area contributed by atoms with Crippen LogP contribution in [0.4, 0.5) is 0 Å². The number of nitrogens with zero attached hydrogens (tertiary/aromatic N) is 1. The van der Waals surface area contributed by atoms with Crippen LogP contribution in [0.2, 0.25) is 0 Å². The van der Waals surface area contributed by atoms with Gasteiger partial charge in [0.2, 0.25) is 0 Å². The van der Waals surface area contributed by atoms with Crippen molar-refractivity contribution in [3.05, 3.63) is 16.6 Å². The van der Waals surface area contributed by atoms with E-state index < -0.39 is 0 Å². The van der Waals surface area contributed by atoms with Gasteiger partial charge in [-0.2, -0.15) is 0 Å². The Morgan fingerprint density at radius 1 is 1.42 bits per heavy atom. The van der Waals surface area contributed by atoms with Crippen molar-refractivity contribution in [1.29, 1.82) is 0 Å². The smallest absolute Gasteiger partial charge is 0.0942 e. The van der Waals surface area contributed by atoms with E-state index >= 15 is 0 Å². The van der Waals surface area contributed by atoms with Gasteiger partial charge in [-0.3, -0.25) is 11.3 Å². The van der Waals surface area contributed by atoms with Gasteiger partial charge in [-0.15, -0.1) is 11.3 Å². The van der Waals surface area contributed by atoms with E-state index in [-0.39, 0.29) is 11.6 Å². The highest BCUT2D eigenvalue weighted by molar-refractivity contribution is 7.09. The SMILES string of the molecule is CCOC1(C(Cc2nccs2)NN)CCCCCC1. The van der Waals surface area contributed by atoms with Crippen molar-refractivity contribution in [2.45, 2.75) is 63.5 Å². The molecule has 2 rings (SSSR count). The second-order valence-electron chi connectivity index (χ2n) is 5.26. The molecule has 108 valence electrons. The standard InChI is InChI=1S/C14H25N3OS/c1-2-18-14(7-5-3-4-6-8-14)12(17-15)11-13-16-9-10-19-13/h9-10,12,17H,2-8,11,15H2,1H3. The van der Waals surface area contributed by atoms with Crippen LogP contribution in [0.25, 0.3) is 0 Å². The number of hydrogen-bond donors (Lipinski definition) is 2. The van der Waals surface area contributed by atoms with E-state index in [9.17, 15) is 0 Å². The van der Waals surface area contributed by atoms with E-state index in [1.165, 1.54) is 25.7 Å². The molecule has 19 heavy (non-hydrogen) atoms. The molecule has 1 aromatic rings. The first-order chi connectivity index (χ1) is 9.30. The minimum absolute atomic E-state index is 0.119. The number of ether oxygens (including phenoxy) is 1. The first-order valence-corrected chi connectivity index (χ1v) is 8.17. The molecule has 1 heterocycles. The lowest BCUT2D eigenvalue weighted by molar-refractivity contribution is -0.0768. The molecule has 1 aliphatic carbocycles. The topological polar surface area (TPSA) is 60.2 Å². The van der Waals surface area contributed by atoms with Crippen LogP contribution < -0.4 is 11.3 Å². The van der Waals surface area contributed by atoms with Crippen molar-refractivity contribution in [2.24, 2.45) is 5.84 Å². The van der Waals surface area contributed by atoms with Crippen molar-refractivity contribution in [3.8, 4) is 0 Å². The highest BCUT2D eigenvalue weighted by Gasteiger charge is 2.39. The zero-order chi connectivity index (χ0) is 13.6. The molecule has 1 aliphatic rings. The van der Waals surface area contributed by atoms with Crippen molar-refractivity contribution >= 4 is 11.3 Å². The maximum atomic E-state index is 6.19. The van der Waals surface area contributed by atoms with Gasteiger partial charge in [0.1, 0.15) is 0 Å². The Kier molecular flexibility index (Phi) is 5.76. The summed E-state index contributed by atoms with van der Waals surface area (Å²) < 4.78 is 6.19. The van der Waals surface area contributed by atoms with Gasteiger partial charge < -0.3 is 4.74 Å². The molecule has 1 saturated carbocycles. The second-order valence-corrected chi connectivity index (χ2v) is 6.24. The Morgan fingerprint density at radius 3 is 2.68 bits per heavy atom. The fourth-order valence-electron chi connectivity index (χ4n) is 3.13. The third-order valence-electron chi connectivity index (χ3n) is 4.08. The molecule has 0 bridgehead atoms. The lowest BCUT2D eigenvalue weighted by Gasteiger charge is -2.39. The molecule has 1 atom stereocenters. The van der Waals surface area contributed by atoms with Crippen LogP contribution in [-0.4, -0.2) is 23.2 Å². The van der Waals surface area contributed by atoms with E-state index in [1.807, 2.05) is 11.6 Å². The monoisotopic (exact) mass is 283 g/mol. The van der Waals surface area contributed by atoms with Gasteiger partial charge in [-0.25, -0.2) is 4.98 Å². The quantitative estimate of drug-likeness (QED) is 0.479. The summed E-state index contributed by atoms with van der Waals surface area (Å²) in [5.74, 6) is 5.83. The van der Waals surface area contributed by atoms with E-state index in [2.05, 4.69) is 17.3 Å². The molecule has 1 unspecified atom stereocenters. The molecule has 0 aliphatic heterocycles. The summed E-state index contributed by atoms with van der Waals surface area (Å²) in [6.07, 6.45) is 9.99. The molecule has 5 heteroatoms. The van der Waals surface area contributed by atoms with Crippen LogP contribution in [0, 0.1) is 0 Å². The number of hydrogen-bond acceptors (Lipinski definition) is 5. The van der Waals surface area contributed by atoms with E-state index in [1.54, 1.807) is 11.3 Å².